The Balaban J connectivity index is 1.49. The van der Waals surface area contributed by atoms with Crippen LogP contribution in [0.25, 0.3) is 11.0 Å². The average Bonchev–Trinajstić information content (AvgIpc) is 3.20. The Bertz CT molecular complexity index is 1290. The van der Waals surface area contributed by atoms with Crippen molar-refractivity contribution in [2.75, 3.05) is 14.2 Å². The lowest BCUT2D eigenvalue weighted by molar-refractivity contribution is 0.0963. The second kappa shape index (κ2) is 9.09. The van der Waals surface area contributed by atoms with Crippen LogP contribution in [0.5, 0.6) is 5.88 Å². The van der Waals surface area contributed by atoms with Gasteiger partial charge in [0.1, 0.15) is 5.65 Å². The molecule has 0 radical (unpaired) electrons. The van der Waals surface area contributed by atoms with Gasteiger partial charge in [-0.15, -0.1) is 0 Å². The molecule has 0 saturated carbocycles. The van der Waals surface area contributed by atoms with Crippen molar-refractivity contribution in [3.8, 4) is 5.88 Å². The summed E-state index contributed by atoms with van der Waals surface area (Å²) in [6, 6.07) is 6.54. The van der Waals surface area contributed by atoms with Gasteiger partial charge in [0, 0.05) is 48.7 Å². The molecule has 4 aromatic heterocycles. The molecule has 32 heavy (non-hydrogen) atoms. The van der Waals surface area contributed by atoms with E-state index in [0.29, 0.717) is 47.3 Å². The zero-order chi connectivity index (χ0) is 22.7. The first-order valence-electron chi connectivity index (χ1n) is 9.99. The van der Waals surface area contributed by atoms with Crippen LogP contribution in [0, 0.1) is 11.8 Å². The number of ether oxygens (including phenoxy) is 1. The van der Waals surface area contributed by atoms with Gasteiger partial charge in [-0.1, -0.05) is 6.07 Å². The number of carbonyl (C=O) groups excluding carboxylic acids is 1. The maximum absolute atomic E-state index is 14.7. The summed E-state index contributed by atoms with van der Waals surface area (Å²) in [5, 5.41) is 3.32. The average molecular weight is 437 g/mol. The second-order valence-electron chi connectivity index (χ2n) is 7.28. The molecule has 0 aliphatic heterocycles. The third-order valence-electron chi connectivity index (χ3n) is 5.20. The fraction of sp³-hybridized carbons (Fsp3) is 0.217. The molecule has 4 aromatic rings. The molecular weight excluding hydrogens is 416 g/mol. The van der Waals surface area contributed by atoms with Crippen molar-refractivity contribution < 1.29 is 18.3 Å². The zero-order valence-electron chi connectivity index (χ0n) is 17.6. The lowest BCUT2D eigenvalue weighted by Crippen LogP contribution is -2.17. The summed E-state index contributed by atoms with van der Waals surface area (Å²) in [5.41, 5.74) is 3.53. The highest BCUT2D eigenvalue weighted by molar-refractivity contribution is 5.97. The number of nitrogens with zero attached hydrogens (tertiary/aromatic N) is 3. The molecule has 1 amide bonds. The molecular formula is C23H21F2N5O2. The van der Waals surface area contributed by atoms with Crippen LogP contribution in [0.3, 0.4) is 0 Å². The number of H-pyrrole nitrogens is 1. The number of aromatic amines is 1. The number of nitrogens with one attached hydrogen (secondary N) is 2. The first-order chi connectivity index (χ1) is 15.5. The predicted molar refractivity (Wildman–Crippen MR) is 115 cm³/mol. The molecule has 4 heterocycles. The summed E-state index contributed by atoms with van der Waals surface area (Å²) < 4.78 is 33.3. The Hall–Kier alpha value is -3.88. The molecule has 0 unspecified atom stereocenters. The highest BCUT2D eigenvalue weighted by Crippen LogP contribution is 2.22. The van der Waals surface area contributed by atoms with E-state index >= 15 is 0 Å². The van der Waals surface area contributed by atoms with Gasteiger partial charge in [0.05, 0.1) is 12.7 Å². The zero-order valence-corrected chi connectivity index (χ0v) is 17.6. The maximum atomic E-state index is 14.7. The van der Waals surface area contributed by atoms with E-state index in [0.717, 1.165) is 10.9 Å². The minimum absolute atomic E-state index is 0.0582. The molecule has 0 spiro atoms. The summed E-state index contributed by atoms with van der Waals surface area (Å²) in [7, 11) is 2.90. The van der Waals surface area contributed by atoms with Crippen molar-refractivity contribution in [1.82, 2.24) is 25.3 Å². The van der Waals surface area contributed by atoms with Crippen molar-refractivity contribution in [3.63, 3.8) is 0 Å². The molecule has 9 heteroatoms. The number of hydrogen-bond acceptors (Lipinski definition) is 5. The Kier molecular flexibility index (Phi) is 6.07. The van der Waals surface area contributed by atoms with Crippen LogP contribution in [-0.4, -0.2) is 40.0 Å². The lowest BCUT2D eigenvalue weighted by Gasteiger charge is -2.07. The highest BCUT2D eigenvalue weighted by Gasteiger charge is 2.13. The number of methoxy groups -OCH3 is 1. The smallest absolute Gasteiger partial charge is 0.252 e. The number of carbonyl (C=O) groups is 1. The van der Waals surface area contributed by atoms with Gasteiger partial charge in [-0.05, 0) is 42.2 Å². The van der Waals surface area contributed by atoms with Crippen LogP contribution in [0.4, 0.5) is 8.78 Å². The first-order valence-corrected chi connectivity index (χ1v) is 9.99. The lowest BCUT2D eigenvalue weighted by atomic mass is 10.0. The molecule has 4 rings (SSSR count). The van der Waals surface area contributed by atoms with Crippen LogP contribution < -0.4 is 10.1 Å². The number of aromatic nitrogens is 4. The van der Waals surface area contributed by atoms with Crippen LogP contribution in [0.2, 0.25) is 0 Å². The normalized spacial score (nSPS) is 11.0. The Morgan fingerprint density at radius 1 is 1.12 bits per heavy atom. The summed E-state index contributed by atoms with van der Waals surface area (Å²) in [5.74, 6) is -1.40. The van der Waals surface area contributed by atoms with E-state index in [1.54, 1.807) is 31.4 Å². The van der Waals surface area contributed by atoms with Gasteiger partial charge in [-0.3, -0.25) is 4.79 Å². The van der Waals surface area contributed by atoms with Gasteiger partial charge in [0.15, 0.2) is 5.82 Å². The van der Waals surface area contributed by atoms with E-state index in [1.807, 2.05) is 0 Å². The van der Waals surface area contributed by atoms with E-state index in [9.17, 15) is 13.6 Å². The van der Waals surface area contributed by atoms with Crippen LogP contribution in [0.1, 0.15) is 32.7 Å². The molecule has 0 saturated heterocycles. The quantitative estimate of drug-likeness (QED) is 0.433. The molecule has 2 N–H and O–H groups in total. The number of hydrogen-bond donors (Lipinski definition) is 2. The monoisotopic (exact) mass is 437 g/mol. The largest absolute Gasteiger partial charge is 0.479 e. The van der Waals surface area contributed by atoms with Crippen molar-refractivity contribution in [3.05, 3.63) is 82.6 Å². The van der Waals surface area contributed by atoms with Crippen LogP contribution in [0.15, 0.2) is 42.9 Å². The Labute approximate surface area is 182 Å². The first kappa shape index (κ1) is 21.4. The second-order valence-corrected chi connectivity index (χ2v) is 7.28. The topological polar surface area (TPSA) is 92.8 Å². The number of halogens is 2. The van der Waals surface area contributed by atoms with E-state index in [2.05, 4.69) is 25.3 Å². The maximum Gasteiger partial charge on any atom is 0.252 e. The van der Waals surface area contributed by atoms with Crippen molar-refractivity contribution in [2.24, 2.45) is 0 Å². The SMILES string of the molecule is CNC(=O)c1cnc2[nH]cc(Cc3ccc(CCc4cnc(OC)c(F)c4)nc3F)c2c1. The van der Waals surface area contributed by atoms with Crippen molar-refractivity contribution in [2.45, 2.75) is 19.3 Å². The number of aryl methyl sites for hydroxylation is 2. The predicted octanol–water partition coefficient (Wildman–Crippen LogP) is 3.38. The van der Waals surface area contributed by atoms with Crippen LogP contribution in [-0.2, 0) is 19.3 Å². The minimum Gasteiger partial charge on any atom is -0.479 e. The van der Waals surface area contributed by atoms with Gasteiger partial charge < -0.3 is 15.0 Å². The Morgan fingerprint density at radius 3 is 2.69 bits per heavy atom. The van der Waals surface area contributed by atoms with Crippen molar-refractivity contribution >= 4 is 16.9 Å². The molecule has 7 nitrogen and oxygen atoms in total. The molecule has 0 fully saturated rings. The van der Waals surface area contributed by atoms with Gasteiger partial charge in [-0.2, -0.15) is 4.39 Å². The van der Waals surface area contributed by atoms with Gasteiger partial charge in [-0.25, -0.2) is 19.3 Å². The van der Waals surface area contributed by atoms with E-state index in [4.69, 9.17) is 4.74 Å². The van der Waals surface area contributed by atoms with Crippen LogP contribution >= 0.6 is 0 Å². The molecule has 0 aliphatic rings. The molecule has 0 aliphatic carbocycles. The minimum atomic E-state index is -0.564. The van der Waals surface area contributed by atoms with Gasteiger partial charge in [0.25, 0.3) is 5.91 Å². The number of amides is 1. The Morgan fingerprint density at radius 2 is 1.97 bits per heavy atom. The summed E-state index contributed by atoms with van der Waals surface area (Å²) >= 11 is 0. The fourth-order valence-electron chi connectivity index (χ4n) is 3.47. The molecule has 0 bridgehead atoms. The van der Waals surface area contributed by atoms with Gasteiger partial charge >= 0.3 is 0 Å². The standard InChI is InChI=1S/C23H21F2N5O2/c1-26-22(31)16-9-18-15(11-27-21(18)28-12-16)8-14-4-6-17(30-20(14)25)5-3-13-7-19(24)23(32-2)29-10-13/h4,6-7,9-12H,3,5,8H2,1-2H3,(H,26,31)(H,27,28). The van der Waals surface area contributed by atoms with E-state index in [1.165, 1.54) is 25.6 Å². The number of fused-ring (bicyclic) bond motifs is 1. The molecule has 164 valence electrons. The fourth-order valence-corrected chi connectivity index (χ4v) is 3.47. The summed E-state index contributed by atoms with van der Waals surface area (Å²) in [4.78, 5) is 27.2. The number of rotatable bonds is 7. The molecule has 0 atom stereocenters. The molecule has 0 aromatic carbocycles. The highest BCUT2D eigenvalue weighted by atomic mass is 19.1. The third kappa shape index (κ3) is 4.41. The van der Waals surface area contributed by atoms with Gasteiger partial charge in [0.2, 0.25) is 11.8 Å². The van der Waals surface area contributed by atoms with E-state index in [-0.39, 0.29) is 11.8 Å². The summed E-state index contributed by atoms with van der Waals surface area (Å²) in [6.07, 6.45) is 5.98. The van der Waals surface area contributed by atoms with E-state index < -0.39 is 11.8 Å². The summed E-state index contributed by atoms with van der Waals surface area (Å²) in [6.45, 7) is 0. The number of pyridine rings is 3. The van der Waals surface area contributed by atoms with Crippen molar-refractivity contribution in [1.29, 1.82) is 0 Å². The third-order valence-corrected chi connectivity index (χ3v) is 5.20.